The van der Waals surface area contributed by atoms with Crippen molar-refractivity contribution in [2.45, 2.75) is 25.1 Å². The smallest absolute Gasteiger partial charge is 0.481 e. The van der Waals surface area contributed by atoms with Gasteiger partial charge in [-0.1, -0.05) is 11.3 Å². The van der Waals surface area contributed by atoms with Crippen LogP contribution in [0.4, 0.5) is 34.5 Å². The van der Waals surface area contributed by atoms with Crippen LogP contribution in [0.15, 0.2) is 30.5 Å². The third-order valence-electron chi connectivity index (χ3n) is 5.65. The van der Waals surface area contributed by atoms with Crippen LogP contribution < -0.4 is 20.9 Å². The molecule has 1 aromatic carbocycles. The van der Waals surface area contributed by atoms with Crippen molar-refractivity contribution in [3.05, 3.63) is 35.3 Å². The summed E-state index contributed by atoms with van der Waals surface area (Å²) in [5, 5.41) is 19.4. The number of alkyl halides is 3. The van der Waals surface area contributed by atoms with Gasteiger partial charge in [-0.3, -0.25) is 14.5 Å². The first kappa shape index (κ1) is 28.5. The number of nitrogen functional groups attached to an aromatic ring is 1. The van der Waals surface area contributed by atoms with Crippen LogP contribution >= 0.6 is 11.3 Å². The average molecular weight is 560 g/mol. The number of cyclic esters (lactones) is 1. The van der Waals surface area contributed by atoms with Gasteiger partial charge in [0.15, 0.2) is 5.13 Å². The van der Waals surface area contributed by atoms with E-state index in [1.54, 1.807) is 0 Å². The first-order valence-corrected chi connectivity index (χ1v) is 12.0. The summed E-state index contributed by atoms with van der Waals surface area (Å²) in [6.45, 7) is 1.78. The normalized spacial score (nSPS) is 19.3. The Morgan fingerprint density at radius 3 is 2.34 bits per heavy atom. The van der Waals surface area contributed by atoms with Crippen LogP contribution in [0.5, 0.6) is 0 Å². The van der Waals surface area contributed by atoms with Crippen molar-refractivity contribution in [3.63, 3.8) is 0 Å². The van der Waals surface area contributed by atoms with Crippen molar-refractivity contribution in [2.75, 3.05) is 41.7 Å². The lowest BCUT2D eigenvalue weighted by atomic mass is 9.98. The van der Waals surface area contributed by atoms with E-state index in [1.807, 2.05) is 24.3 Å². The molecule has 1 aromatic heterocycles. The SMILES string of the molecule is Nc1ncc(C(=O)NC[C@H]2CN(c3ccc(N4CCCC(C(=O)O)C4)cc3)C(=O)O2)s1.O=C(O)C(F)(F)F. The molecule has 38 heavy (non-hydrogen) atoms. The van der Waals surface area contributed by atoms with Gasteiger partial charge in [0.1, 0.15) is 11.0 Å². The van der Waals surface area contributed by atoms with E-state index in [1.165, 1.54) is 11.1 Å². The van der Waals surface area contributed by atoms with E-state index in [-0.39, 0.29) is 18.4 Å². The Labute approximate surface area is 217 Å². The molecule has 2 fully saturated rings. The van der Waals surface area contributed by atoms with Gasteiger partial charge in [-0.15, -0.1) is 0 Å². The van der Waals surface area contributed by atoms with Crippen LogP contribution in [0.2, 0.25) is 0 Å². The minimum Gasteiger partial charge on any atom is -0.481 e. The number of nitrogens with one attached hydrogen (secondary N) is 1. The van der Waals surface area contributed by atoms with Gasteiger partial charge >= 0.3 is 24.2 Å². The van der Waals surface area contributed by atoms with E-state index in [4.69, 9.17) is 20.4 Å². The van der Waals surface area contributed by atoms with Crippen molar-refractivity contribution < 1.29 is 47.3 Å². The van der Waals surface area contributed by atoms with E-state index in [2.05, 4.69) is 15.2 Å². The molecule has 0 spiro atoms. The fraction of sp³-hybridized carbons (Fsp3) is 0.409. The van der Waals surface area contributed by atoms with E-state index in [0.29, 0.717) is 35.2 Å². The first-order valence-electron chi connectivity index (χ1n) is 11.2. The van der Waals surface area contributed by atoms with Crippen molar-refractivity contribution in [3.8, 4) is 0 Å². The van der Waals surface area contributed by atoms with Crippen LogP contribution in [0, 0.1) is 5.92 Å². The summed E-state index contributed by atoms with van der Waals surface area (Å²) in [4.78, 5) is 52.4. The number of hydrogen-bond donors (Lipinski definition) is 4. The maximum Gasteiger partial charge on any atom is 0.490 e. The molecule has 3 heterocycles. The van der Waals surface area contributed by atoms with E-state index in [0.717, 1.165) is 30.0 Å². The molecular weight excluding hydrogens is 535 g/mol. The predicted octanol–water partition coefficient (Wildman–Crippen LogP) is 2.41. The first-order chi connectivity index (χ1) is 17.8. The molecule has 16 heteroatoms. The van der Waals surface area contributed by atoms with Crippen LogP contribution in [0.1, 0.15) is 22.5 Å². The summed E-state index contributed by atoms with van der Waals surface area (Å²) < 4.78 is 37.1. The number of aromatic nitrogens is 1. The van der Waals surface area contributed by atoms with E-state index in [9.17, 15) is 32.7 Å². The molecule has 2 aromatic rings. The summed E-state index contributed by atoms with van der Waals surface area (Å²) in [5.74, 6) is -4.20. The minimum absolute atomic E-state index is 0.182. The lowest BCUT2D eigenvalue weighted by Gasteiger charge is -2.32. The predicted molar refractivity (Wildman–Crippen MR) is 129 cm³/mol. The molecule has 1 unspecified atom stereocenters. The number of benzene rings is 1. The van der Waals surface area contributed by atoms with E-state index < -0.39 is 30.3 Å². The van der Waals surface area contributed by atoms with Crippen LogP contribution in [0.3, 0.4) is 0 Å². The van der Waals surface area contributed by atoms with Gasteiger partial charge in [-0.2, -0.15) is 13.2 Å². The number of amides is 2. The Morgan fingerprint density at radius 1 is 1.16 bits per heavy atom. The number of carboxylic acids is 2. The second-order valence-electron chi connectivity index (χ2n) is 8.33. The Balaban J connectivity index is 0.000000505. The minimum atomic E-state index is -5.08. The lowest BCUT2D eigenvalue weighted by molar-refractivity contribution is -0.192. The third kappa shape index (κ3) is 7.47. The highest BCUT2D eigenvalue weighted by Gasteiger charge is 2.38. The quantitative estimate of drug-likeness (QED) is 0.411. The van der Waals surface area contributed by atoms with Gasteiger partial charge in [0, 0.05) is 24.5 Å². The van der Waals surface area contributed by atoms with Gasteiger partial charge in [-0.05, 0) is 37.1 Å². The summed E-state index contributed by atoms with van der Waals surface area (Å²) >= 11 is 1.09. The molecule has 2 amide bonds. The number of thiazole rings is 1. The number of ether oxygens (including phenoxy) is 1. The van der Waals surface area contributed by atoms with Crippen molar-refractivity contribution in [1.82, 2.24) is 10.3 Å². The number of hydrogen-bond acceptors (Lipinski definition) is 9. The molecule has 4 rings (SSSR count). The topological polar surface area (TPSA) is 175 Å². The molecule has 0 aliphatic carbocycles. The molecule has 2 aliphatic heterocycles. The van der Waals surface area contributed by atoms with Gasteiger partial charge in [0.25, 0.3) is 5.91 Å². The molecule has 12 nitrogen and oxygen atoms in total. The number of carboxylic acid groups (broad SMARTS) is 2. The van der Waals surface area contributed by atoms with Crippen LogP contribution in [-0.2, 0) is 14.3 Å². The molecule has 0 radical (unpaired) electrons. The molecule has 2 atom stereocenters. The second-order valence-corrected chi connectivity index (χ2v) is 9.39. The van der Waals surface area contributed by atoms with Gasteiger partial charge in [0.2, 0.25) is 0 Å². The monoisotopic (exact) mass is 559 g/mol. The van der Waals surface area contributed by atoms with E-state index >= 15 is 0 Å². The molecule has 5 N–H and O–H groups in total. The van der Waals surface area contributed by atoms with Crippen molar-refractivity contribution in [1.29, 1.82) is 0 Å². The zero-order valence-corrected chi connectivity index (χ0v) is 20.5. The average Bonchev–Trinajstić information content (AvgIpc) is 3.47. The summed E-state index contributed by atoms with van der Waals surface area (Å²) in [6, 6.07) is 7.41. The zero-order valence-electron chi connectivity index (χ0n) is 19.7. The molecule has 0 saturated carbocycles. The summed E-state index contributed by atoms with van der Waals surface area (Å²) in [5.41, 5.74) is 7.15. The van der Waals surface area contributed by atoms with Crippen molar-refractivity contribution >= 4 is 51.8 Å². The number of aliphatic carboxylic acids is 2. The number of rotatable bonds is 6. The maximum atomic E-state index is 12.3. The molecule has 2 saturated heterocycles. The van der Waals surface area contributed by atoms with Gasteiger partial charge in [0.05, 0.1) is 25.2 Å². The standard InChI is InChI=1S/C20H23N5O5S.C2HF3O2/c21-19-23-9-16(31-19)17(26)22-8-15-11-25(20(29)30-15)14-5-3-13(4-6-14)24-7-1-2-12(10-24)18(27)28;3-2(4,5)1(6)7/h3-6,9,12,15H,1-2,7-8,10-11H2,(H2,21,23)(H,22,26)(H,27,28);(H,6,7)/t12?,15-;/m0./s1. The Morgan fingerprint density at radius 2 is 1.79 bits per heavy atom. The number of piperidine rings is 1. The Hall–Kier alpha value is -4.08. The maximum absolute atomic E-state index is 12.3. The fourth-order valence-corrected chi connectivity index (χ4v) is 4.38. The van der Waals surface area contributed by atoms with Gasteiger partial charge < -0.3 is 30.9 Å². The largest absolute Gasteiger partial charge is 0.490 e. The Bertz CT molecular complexity index is 1170. The van der Waals surface area contributed by atoms with Crippen molar-refractivity contribution in [2.24, 2.45) is 5.92 Å². The number of nitrogens with zero attached hydrogens (tertiary/aromatic N) is 3. The number of nitrogens with two attached hydrogens (primary N) is 1. The highest BCUT2D eigenvalue weighted by Crippen LogP contribution is 2.28. The molecule has 2 aliphatic rings. The second kappa shape index (κ2) is 12.0. The number of carbonyl (C=O) groups is 4. The summed E-state index contributed by atoms with van der Waals surface area (Å²) in [6.07, 6.45) is -3.10. The zero-order chi connectivity index (χ0) is 28.0. The lowest BCUT2D eigenvalue weighted by Crippen LogP contribution is -2.38. The molecule has 0 bridgehead atoms. The van der Waals surface area contributed by atoms with Crippen LogP contribution in [-0.4, -0.2) is 77.6 Å². The fourth-order valence-electron chi connectivity index (χ4n) is 3.78. The van der Waals surface area contributed by atoms with Crippen LogP contribution in [0.25, 0.3) is 0 Å². The molecular formula is C22H24F3N5O7S. The third-order valence-corrected chi connectivity index (χ3v) is 6.48. The number of anilines is 3. The Kier molecular flexibility index (Phi) is 8.98. The number of halogens is 3. The highest BCUT2D eigenvalue weighted by atomic mass is 32.1. The van der Waals surface area contributed by atoms with Gasteiger partial charge in [-0.25, -0.2) is 14.6 Å². The highest BCUT2D eigenvalue weighted by molar-refractivity contribution is 7.17. The molecule has 206 valence electrons. The summed E-state index contributed by atoms with van der Waals surface area (Å²) in [7, 11) is 0. The number of carbonyl (C=O) groups excluding carboxylic acids is 2.